The molecule has 1 aliphatic heterocycles. The van der Waals surface area contributed by atoms with Crippen molar-refractivity contribution in [1.82, 2.24) is 0 Å². The number of nitro benzene ring substituents is 1. The summed E-state index contributed by atoms with van der Waals surface area (Å²) in [5.74, 6) is -0.150. The average Bonchev–Trinajstić information content (AvgIpc) is 3.06. The number of nitrogens with one attached hydrogen (secondary N) is 1. The molecule has 0 aliphatic carbocycles. The molecule has 0 aromatic heterocycles. The lowest BCUT2D eigenvalue weighted by Gasteiger charge is -2.25. The summed E-state index contributed by atoms with van der Waals surface area (Å²) in [7, 11) is 0. The molecule has 30 heavy (non-hydrogen) atoms. The van der Waals surface area contributed by atoms with Gasteiger partial charge in [-0.15, -0.1) is 0 Å². The van der Waals surface area contributed by atoms with Crippen molar-refractivity contribution in [3.63, 3.8) is 0 Å². The molecule has 6 nitrogen and oxygen atoms in total. The first-order valence-electron chi connectivity index (χ1n) is 9.62. The summed E-state index contributed by atoms with van der Waals surface area (Å²) in [5, 5.41) is 14.2. The number of hydrogen-bond donors (Lipinski definition) is 1. The number of nitrogens with zero attached hydrogens (tertiary/aromatic N) is 2. The molecule has 0 saturated carbocycles. The summed E-state index contributed by atoms with van der Waals surface area (Å²) in [6, 6.07) is 21.5. The molecule has 0 fully saturated rings. The van der Waals surface area contributed by atoms with Crippen LogP contribution < -0.4 is 10.2 Å². The van der Waals surface area contributed by atoms with Gasteiger partial charge in [-0.05, 0) is 61.9 Å². The van der Waals surface area contributed by atoms with Crippen molar-refractivity contribution in [3.8, 4) is 0 Å². The summed E-state index contributed by atoms with van der Waals surface area (Å²) >= 11 is 0. The van der Waals surface area contributed by atoms with E-state index in [4.69, 9.17) is 0 Å². The number of anilines is 2. The number of non-ortho nitro benzene ring substituents is 1. The SMILES string of the molecule is Cc1ccc(NC2=C[C@@H](c3ccc([N+](=O)[O-])cc3)N(c3ccc(C)cc3)C2=O)cc1. The highest BCUT2D eigenvalue weighted by molar-refractivity contribution is 6.11. The molecule has 1 heterocycles. The molecule has 1 N–H and O–H groups in total. The average molecular weight is 399 g/mol. The molecular weight excluding hydrogens is 378 g/mol. The molecule has 0 unspecified atom stereocenters. The second-order valence-electron chi connectivity index (χ2n) is 7.38. The van der Waals surface area contributed by atoms with E-state index in [1.165, 1.54) is 12.1 Å². The Balaban J connectivity index is 1.72. The maximum absolute atomic E-state index is 13.3. The van der Waals surface area contributed by atoms with Gasteiger partial charge in [0, 0.05) is 23.5 Å². The molecule has 3 aromatic rings. The predicted molar refractivity (Wildman–Crippen MR) is 117 cm³/mol. The van der Waals surface area contributed by atoms with Crippen molar-refractivity contribution < 1.29 is 9.72 Å². The zero-order valence-electron chi connectivity index (χ0n) is 16.7. The zero-order chi connectivity index (χ0) is 21.3. The first-order chi connectivity index (χ1) is 14.4. The van der Waals surface area contributed by atoms with Gasteiger partial charge in [0.05, 0.1) is 11.0 Å². The Labute approximate surface area is 174 Å². The lowest BCUT2D eigenvalue weighted by atomic mass is 10.1. The number of carbonyl (C=O) groups is 1. The molecule has 0 spiro atoms. The fourth-order valence-electron chi connectivity index (χ4n) is 3.47. The highest BCUT2D eigenvalue weighted by Gasteiger charge is 2.35. The monoisotopic (exact) mass is 399 g/mol. The van der Waals surface area contributed by atoms with Gasteiger partial charge in [-0.1, -0.05) is 35.4 Å². The van der Waals surface area contributed by atoms with Crippen LogP contribution in [0.4, 0.5) is 17.1 Å². The molecule has 1 aliphatic rings. The summed E-state index contributed by atoms with van der Waals surface area (Å²) in [6.45, 7) is 4.00. The van der Waals surface area contributed by atoms with Crippen LogP contribution in [0.25, 0.3) is 0 Å². The Morgan fingerprint density at radius 2 is 1.43 bits per heavy atom. The first-order valence-corrected chi connectivity index (χ1v) is 9.62. The van der Waals surface area contributed by atoms with Crippen LogP contribution in [0.5, 0.6) is 0 Å². The third kappa shape index (κ3) is 3.80. The second-order valence-corrected chi connectivity index (χ2v) is 7.38. The number of rotatable bonds is 5. The largest absolute Gasteiger partial charge is 0.351 e. The van der Waals surface area contributed by atoms with E-state index < -0.39 is 4.92 Å². The van der Waals surface area contributed by atoms with Gasteiger partial charge in [-0.25, -0.2) is 0 Å². The quantitative estimate of drug-likeness (QED) is 0.467. The first kappa shape index (κ1) is 19.4. The molecule has 0 radical (unpaired) electrons. The van der Waals surface area contributed by atoms with Crippen LogP contribution in [0.1, 0.15) is 22.7 Å². The number of amides is 1. The minimum Gasteiger partial charge on any atom is -0.351 e. The van der Waals surface area contributed by atoms with Crippen molar-refractivity contribution in [2.75, 3.05) is 10.2 Å². The Kier molecular flexibility index (Phi) is 5.06. The van der Waals surface area contributed by atoms with Crippen LogP contribution in [0.15, 0.2) is 84.6 Å². The highest BCUT2D eigenvalue weighted by atomic mass is 16.6. The van der Waals surface area contributed by atoms with Crippen molar-refractivity contribution in [2.24, 2.45) is 0 Å². The highest BCUT2D eigenvalue weighted by Crippen LogP contribution is 2.36. The Morgan fingerprint density at radius 3 is 2.00 bits per heavy atom. The van der Waals surface area contributed by atoms with E-state index >= 15 is 0 Å². The maximum atomic E-state index is 13.3. The van der Waals surface area contributed by atoms with Gasteiger partial charge < -0.3 is 5.32 Å². The summed E-state index contributed by atoms with van der Waals surface area (Å²) in [4.78, 5) is 25.6. The van der Waals surface area contributed by atoms with E-state index in [0.29, 0.717) is 5.70 Å². The van der Waals surface area contributed by atoms with Crippen molar-refractivity contribution in [3.05, 3.63) is 111 Å². The Hall–Kier alpha value is -3.93. The van der Waals surface area contributed by atoms with Crippen molar-refractivity contribution in [2.45, 2.75) is 19.9 Å². The van der Waals surface area contributed by atoms with Gasteiger partial charge in [0.15, 0.2) is 0 Å². The summed E-state index contributed by atoms with van der Waals surface area (Å²) in [6.07, 6.45) is 1.86. The van der Waals surface area contributed by atoms with Gasteiger partial charge in [0.1, 0.15) is 5.70 Å². The fraction of sp³-hybridized carbons (Fsp3) is 0.125. The second kappa shape index (κ2) is 7.83. The normalized spacial score (nSPS) is 15.8. The van der Waals surface area contributed by atoms with Gasteiger partial charge in [0.2, 0.25) is 0 Å². The number of benzene rings is 3. The van der Waals surface area contributed by atoms with Crippen LogP contribution in [-0.4, -0.2) is 10.8 Å². The number of hydrogen-bond acceptors (Lipinski definition) is 4. The third-order valence-electron chi connectivity index (χ3n) is 5.14. The smallest absolute Gasteiger partial charge is 0.275 e. The lowest BCUT2D eigenvalue weighted by molar-refractivity contribution is -0.384. The maximum Gasteiger partial charge on any atom is 0.275 e. The van der Waals surface area contributed by atoms with E-state index in [2.05, 4.69) is 5.32 Å². The van der Waals surface area contributed by atoms with Gasteiger partial charge in [-0.3, -0.25) is 19.8 Å². The van der Waals surface area contributed by atoms with E-state index in [1.807, 2.05) is 68.5 Å². The molecule has 0 saturated heterocycles. The molecule has 4 rings (SSSR count). The topological polar surface area (TPSA) is 75.5 Å². The van der Waals surface area contributed by atoms with Crippen LogP contribution >= 0.6 is 0 Å². The Bertz CT molecular complexity index is 1120. The molecule has 1 atom stereocenters. The van der Waals surface area contributed by atoms with Crippen LogP contribution in [0, 0.1) is 24.0 Å². The van der Waals surface area contributed by atoms with E-state index in [0.717, 1.165) is 28.1 Å². The number of aryl methyl sites for hydroxylation is 2. The zero-order valence-corrected chi connectivity index (χ0v) is 16.7. The minimum absolute atomic E-state index is 0.0203. The van der Waals surface area contributed by atoms with E-state index in [9.17, 15) is 14.9 Å². The van der Waals surface area contributed by atoms with Gasteiger partial charge >= 0.3 is 0 Å². The minimum atomic E-state index is -0.429. The number of nitro groups is 1. The van der Waals surface area contributed by atoms with Crippen LogP contribution in [0.2, 0.25) is 0 Å². The van der Waals surface area contributed by atoms with Gasteiger partial charge in [-0.2, -0.15) is 0 Å². The molecule has 0 bridgehead atoms. The van der Waals surface area contributed by atoms with E-state index in [1.54, 1.807) is 17.0 Å². The summed E-state index contributed by atoms with van der Waals surface area (Å²) < 4.78 is 0. The summed E-state index contributed by atoms with van der Waals surface area (Å²) in [5.41, 5.74) is 5.13. The van der Waals surface area contributed by atoms with Crippen molar-refractivity contribution >= 4 is 23.0 Å². The third-order valence-corrected chi connectivity index (χ3v) is 5.14. The standard InChI is InChI=1S/C24H21N3O3/c1-16-3-9-19(10-4-16)25-22-15-23(18-7-13-21(14-8-18)27(29)30)26(24(22)28)20-11-5-17(2)6-12-20/h3-15,23,25H,1-2H3/t23-/m0/s1. The molecule has 6 heteroatoms. The molecule has 3 aromatic carbocycles. The molecular formula is C24H21N3O3. The fourth-order valence-corrected chi connectivity index (χ4v) is 3.47. The van der Waals surface area contributed by atoms with E-state index in [-0.39, 0.29) is 17.6 Å². The Morgan fingerprint density at radius 1 is 0.867 bits per heavy atom. The predicted octanol–water partition coefficient (Wildman–Crippen LogP) is 5.30. The van der Waals surface area contributed by atoms with Crippen molar-refractivity contribution in [1.29, 1.82) is 0 Å². The molecule has 1 amide bonds. The molecule has 150 valence electrons. The number of carbonyl (C=O) groups excluding carboxylic acids is 1. The van der Waals surface area contributed by atoms with Crippen LogP contribution in [0.3, 0.4) is 0 Å². The van der Waals surface area contributed by atoms with Gasteiger partial charge in [0.25, 0.3) is 11.6 Å². The lowest BCUT2D eigenvalue weighted by Crippen LogP contribution is -2.30. The van der Waals surface area contributed by atoms with Crippen LogP contribution in [-0.2, 0) is 4.79 Å².